The van der Waals surface area contributed by atoms with E-state index < -0.39 is 0 Å². The van der Waals surface area contributed by atoms with Crippen molar-refractivity contribution < 1.29 is 9.59 Å². The van der Waals surface area contributed by atoms with E-state index in [0.29, 0.717) is 22.5 Å². The summed E-state index contributed by atoms with van der Waals surface area (Å²) in [6.07, 6.45) is 2.06. The van der Waals surface area contributed by atoms with Gasteiger partial charge in [-0.05, 0) is 62.2 Å². The zero-order valence-electron chi connectivity index (χ0n) is 18.3. The summed E-state index contributed by atoms with van der Waals surface area (Å²) in [7, 11) is 0. The van der Waals surface area contributed by atoms with Gasteiger partial charge in [-0.15, -0.1) is 0 Å². The lowest BCUT2D eigenvalue weighted by atomic mass is 10.1. The smallest absolute Gasteiger partial charge is 0.257 e. The summed E-state index contributed by atoms with van der Waals surface area (Å²) in [5, 5.41) is 5.93. The third kappa shape index (κ3) is 4.99. The Kier molecular flexibility index (Phi) is 6.13. The van der Waals surface area contributed by atoms with E-state index in [1.807, 2.05) is 25.1 Å². The monoisotopic (exact) mass is 421 g/mol. The molecule has 7 nitrogen and oxygen atoms in total. The van der Waals surface area contributed by atoms with Crippen LogP contribution in [0.4, 0.5) is 17.1 Å². The first kappa shape index (κ1) is 21.2. The Balaban J connectivity index is 1.50. The Labute approximate surface area is 183 Å². The van der Waals surface area contributed by atoms with Crippen LogP contribution in [0.2, 0.25) is 0 Å². The minimum absolute atomic E-state index is 0.106. The van der Waals surface area contributed by atoms with Crippen LogP contribution in [-0.4, -0.2) is 55.5 Å². The molecule has 1 heterocycles. The summed E-state index contributed by atoms with van der Waals surface area (Å²) in [6.45, 7) is 9.01. The molecule has 2 aromatic carbocycles. The number of nitrogen functional groups attached to an aromatic ring is 1. The molecule has 31 heavy (non-hydrogen) atoms. The predicted octanol–water partition coefficient (Wildman–Crippen LogP) is 2.86. The molecule has 0 bridgehead atoms. The number of benzene rings is 2. The number of nitrogens with two attached hydrogens (primary N) is 1. The third-order valence-corrected chi connectivity index (χ3v) is 6.13. The predicted molar refractivity (Wildman–Crippen MR) is 125 cm³/mol. The second-order valence-corrected chi connectivity index (χ2v) is 8.42. The minimum atomic E-state index is -0.269. The maximum atomic E-state index is 13.1. The van der Waals surface area contributed by atoms with Gasteiger partial charge in [-0.25, -0.2) is 0 Å². The number of hydrogen-bond acceptors (Lipinski definition) is 5. The molecule has 4 rings (SSSR count). The highest BCUT2D eigenvalue weighted by atomic mass is 16.2. The van der Waals surface area contributed by atoms with Gasteiger partial charge in [0.1, 0.15) is 0 Å². The van der Waals surface area contributed by atoms with Crippen molar-refractivity contribution in [1.82, 2.24) is 10.2 Å². The number of likely N-dealkylation sites (N-methyl/N-ethyl adjacent to an activating group) is 1. The van der Waals surface area contributed by atoms with Crippen molar-refractivity contribution in [3.63, 3.8) is 0 Å². The van der Waals surface area contributed by atoms with Crippen molar-refractivity contribution in [1.29, 1.82) is 0 Å². The summed E-state index contributed by atoms with van der Waals surface area (Å²) < 4.78 is 0. The summed E-state index contributed by atoms with van der Waals surface area (Å²) in [6, 6.07) is 11.3. The molecule has 164 valence electrons. The van der Waals surface area contributed by atoms with Crippen molar-refractivity contribution in [2.75, 3.05) is 48.7 Å². The molecule has 0 spiro atoms. The van der Waals surface area contributed by atoms with Gasteiger partial charge in [0.2, 0.25) is 0 Å². The highest BCUT2D eigenvalue weighted by molar-refractivity contribution is 6.09. The van der Waals surface area contributed by atoms with E-state index in [9.17, 15) is 9.59 Å². The fraction of sp³-hybridized carbons (Fsp3) is 0.417. The molecular weight excluding hydrogens is 390 g/mol. The van der Waals surface area contributed by atoms with E-state index in [1.165, 1.54) is 0 Å². The van der Waals surface area contributed by atoms with Gasteiger partial charge < -0.3 is 26.2 Å². The van der Waals surface area contributed by atoms with E-state index in [0.717, 1.165) is 56.8 Å². The molecule has 0 unspecified atom stereocenters. The Morgan fingerprint density at radius 2 is 1.77 bits per heavy atom. The number of hydrogen-bond donors (Lipinski definition) is 3. The number of nitrogens with one attached hydrogen (secondary N) is 2. The number of rotatable bonds is 6. The SMILES string of the molecule is CCN1CCN(c2ccc(N)c(C(=O)Nc3cc(C(=O)NC4CC4)ccc3C)c2)CC1. The Bertz CT molecular complexity index is 978. The number of carbonyl (C=O) groups excluding carboxylic acids is 2. The normalized spacial score (nSPS) is 16.8. The molecule has 7 heteroatoms. The topological polar surface area (TPSA) is 90.7 Å². The van der Waals surface area contributed by atoms with Gasteiger partial charge in [-0.1, -0.05) is 13.0 Å². The summed E-state index contributed by atoms with van der Waals surface area (Å²) >= 11 is 0. The van der Waals surface area contributed by atoms with Gasteiger partial charge in [0.05, 0.1) is 5.56 Å². The lowest BCUT2D eigenvalue weighted by Gasteiger charge is -2.35. The van der Waals surface area contributed by atoms with Crippen molar-refractivity contribution in [2.24, 2.45) is 0 Å². The molecule has 2 aliphatic rings. The molecular formula is C24H31N5O2. The zero-order chi connectivity index (χ0) is 22.0. The Hall–Kier alpha value is -3.06. The minimum Gasteiger partial charge on any atom is -0.398 e. The molecule has 0 aromatic heterocycles. The number of amides is 2. The van der Waals surface area contributed by atoms with Crippen LogP contribution in [0.15, 0.2) is 36.4 Å². The summed E-state index contributed by atoms with van der Waals surface area (Å²) in [5.41, 5.74) is 10.1. The van der Waals surface area contributed by atoms with Crippen LogP contribution in [0.25, 0.3) is 0 Å². The van der Waals surface area contributed by atoms with E-state index in [-0.39, 0.29) is 17.9 Å². The molecule has 2 amide bonds. The average molecular weight is 422 g/mol. The quantitative estimate of drug-likeness (QED) is 0.624. The largest absolute Gasteiger partial charge is 0.398 e. The van der Waals surface area contributed by atoms with Crippen LogP contribution in [0, 0.1) is 6.92 Å². The first-order valence-electron chi connectivity index (χ1n) is 11.0. The second-order valence-electron chi connectivity index (χ2n) is 8.42. The van der Waals surface area contributed by atoms with Crippen LogP contribution in [-0.2, 0) is 0 Å². The van der Waals surface area contributed by atoms with Crippen LogP contribution >= 0.6 is 0 Å². The third-order valence-electron chi connectivity index (χ3n) is 6.13. The Morgan fingerprint density at radius 1 is 1.03 bits per heavy atom. The number of anilines is 3. The number of aryl methyl sites for hydroxylation is 1. The fourth-order valence-corrected chi connectivity index (χ4v) is 3.84. The molecule has 1 saturated carbocycles. The lowest BCUT2D eigenvalue weighted by molar-refractivity contribution is 0.0949. The van der Waals surface area contributed by atoms with Gasteiger partial charge >= 0.3 is 0 Å². The molecule has 0 radical (unpaired) electrons. The van der Waals surface area contributed by atoms with E-state index in [2.05, 4.69) is 27.4 Å². The van der Waals surface area contributed by atoms with Crippen molar-refractivity contribution in [2.45, 2.75) is 32.7 Å². The van der Waals surface area contributed by atoms with Gasteiger partial charge in [0.25, 0.3) is 11.8 Å². The first-order valence-corrected chi connectivity index (χ1v) is 11.0. The first-order chi connectivity index (χ1) is 14.9. The van der Waals surface area contributed by atoms with E-state index in [4.69, 9.17) is 5.73 Å². The van der Waals surface area contributed by atoms with Gasteiger partial charge in [-0.3, -0.25) is 9.59 Å². The van der Waals surface area contributed by atoms with Crippen LogP contribution < -0.4 is 21.3 Å². The zero-order valence-corrected chi connectivity index (χ0v) is 18.3. The molecule has 1 aliphatic carbocycles. The molecule has 2 aromatic rings. The van der Waals surface area contributed by atoms with Gasteiger partial charge in [-0.2, -0.15) is 0 Å². The van der Waals surface area contributed by atoms with Crippen molar-refractivity contribution >= 4 is 28.9 Å². The molecule has 2 fully saturated rings. The highest BCUT2D eigenvalue weighted by Gasteiger charge is 2.24. The van der Waals surface area contributed by atoms with Crippen molar-refractivity contribution in [3.8, 4) is 0 Å². The standard InChI is InChI=1S/C24H31N5O2/c1-3-28-10-12-29(13-11-28)19-8-9-21(25)20(15-19)24(31)27-22-14-17(5-4-16(22)2)23(30)26-18-6-7-18/h4-5,8-9,14-15,18H,3,6-7,10-13,25H2,1-2H3,(H,26,30)(H,27,31). The molecule has 1 aliphatic heterocycles. The van der Waals surface area contributed by atoms with Crippen molar-refractivity contribution in [3.05, 3.63) is 53.1 Å². The Morgan fingerprint density at radius 3 is 2.45 bits per heavy atom. The number of carbonyl (C=O) groups is 2. The molecule has 1 saturated heterocycles. The molecule has 0 atom stereocenters. The van der Waals surface area contributed by atoms with E-state index >= 15 is 0 Å². The van der Waals surface area contributed by atoms with Crippen LogP contribution in [0.5, 0.6) is 0 Å². The lowest BCUT2D eigenvalue weighted by Crippen LogP contribution is -2.46. The van der Waals surface area contributed by atoms with Gasteiger partial charge in [0.15, 0.2) is 0 Å². The van der Waals surface area contributed by atoms with Crippen LogP contribution in [0.3, 0.4) is 0 Å². The molecule has 4 N–H and O–H groups in total. The summed E-state index contributed by atoms with van der Waals surface area (Å²) in [5.74, 6) is -0.375. The second kappa shape index (κ2) is 8.98. The number of piperazine rings is 1. The fourth-order valence-electron chi connectivity index (χ4n) is 3.84. The number of nitrogens with zero attached hydrogens (tertiary/aromatic N) is 2. The summed E-state index contributed by atoms with van der Waals surface area (Å²) in [4.78, 5) is 30.2. The van der Waals surface area contributed by atoms with E-state index in [1.54, 1.807) is 18.2 Å². The maximum Gasteiger partial charge on any atom is 0.257 e. The maximum absolute atomic E-state index is 13.1. The highest BCUT2D eigenvalue weighted by Crippen LogP contribution is 2.25. The van der Waals surface area contributed by atoms with Crippen LogP contribution in [0.1, 0.15) is 46.0 Å². The average Bonchev–Trinajstić information content (AvgIpc) is 3.59. The van der Waals surface area contributed by atoms with Gasteiger partial charge in [0, 0.05) is 54.8 Å².